The molecule has 0 radical (unpaired) electrons. The minimum Gasteiger partial charge on any atom is -0.484 e. The van der Waals surface area contributed by atoms with Crippen molar-refractivity contribution in [2.24, 2.45) is 0 Å². The van der Waals surface area contributed by atoms with E-state index in [1.54, 1.807) is 12.5 Å². The van der Waals surface area contributed by atoms with Gasteiger partial charge in [0.2, 0.25) is 0 Å². The molecule has 0 aliphatic heterocycles. The highest BCUT2D eigenvalue weighted by molar-refractivity contribution is 5.84. The first-order valence-corrected chi connectivity index (χ1v) is 7.57. The summed E-state index contributed by atoms with van der Waals surface area (Å²) in [6.07, 6.45) is 5.32. The van der Waals surface area contributed by atoms with Crippen LogP contribution < -0.4 is 10.1 Å². The number of aromatic nitrogens is 2. The van der Waals surface area contributed by atoms with Crippen LogP contribution in [0, 0.1) is 0 Å². The summed E-state index contributed by atoms with van der Waals surface area (Å²) in [4.78, 5) is 15.9. The number of imidazole rings is 1. The highest BCUT2D eigenvalue weighted by Gasteiger charge is 2.08. The van der Waals surface area contributed by atoms with Crippen LogP contribution in [-0.2, 0) is 11.3 Å². The van der Waals surface area contributed by atoms with Crippen LogP contribution in [0.25, 0.3) is 10.8 Å². The lowest BCUT2D eigenvalue weighted by atomic mass is 10.1. The van der Waals surface area contributed by atoms with E-state index in [0.29, 0.717) is 12.3 Å². The van der Waals surface area contributed by atoms with Crippen molar-refractivity contribution in [2.45, 2.75) is 19.5 Å². The Bertz CT molecular complexity index is 784. The van der Waals surface area contributed by atoms with Crippen LogP contribution in [0.4, 0.5) is 0 Å². The molecule has 3 rings (SSSR count). The minimum absolute atomic E-state index is 0.00656. The molecule has 1 amide bonds. The fraction of sp³-hybridized carbons (Fsp3) is 0.222. The van der Waals surface area contributed by atoms with Gasteiger partial charge in [-0.3, -0.25) is 4.79 Å². The Labute approximate surface area is 134 Å². The predicted molar refractivity (Wildman–Crippen MR) is 89.3 cm³/mol. The number of amides is 1. The highest BCUT2D eigenvalue weighted by Crippen LogP contribution is 2.20. The monoisotopic (exact) mass is 309 g/mol. The zero-order chi connectivity index (χ0) is 16.1. The molecule has 0 saturated heterocycles. The number of nitrogens with zero attached hydrogens (tertiary/aromatic N) is 2. The number of benzene rings is 2. The Balaban J connectivity index is 1.51. The van der Waals surface area contributed by atoms with Crippen LogP contribution >= 0.6 is 0 Å². The molecule has 0 aliphatic rings. The van der Waals surface area contributed by atoms with Gasteiger partial charge in [-0.15, -0.1) is 0 Å². The van der Waals surface area contributed by atoms with Crippen molar-refractivity contribution in [3.8, 4) is 5.75 Å². The van der Waals surface area contributed by atoms with E-state index in [-0.39, 0.29) is 18.6 Å². The zero-order valence-electron chi connectivity index (χ0n) is 13.0. The molecule has 0 bridgehead atoms. The van der Waals surface area contributed by atoms with E-state index in [0.717, 1.165) is 10.8 Å². The Morgan fingerprint density at radius 2 is 2.09 bits per heavy atom. The number of ether oxygens (including phenoxy) is 1. The molecule has 3 aromatic rings. The summed E-state index contributed by atoms with van der Waals surface area (Å²) in [5, 5.41) is 5.16. The fourth-order valence-electron chi connectivity index (χ4n) is 2.48. The summed E-state index contributed by atoms with van der Waals surface area (Å²) >= 11 is 0. The van der Waals surface area contributed by atoms with Crippen LogP contribution in [0.15, 0.2) is 61.2 Å². The maximum absolute atomic E-state index is 12.0. The normalized spacial score (nSPS) is 12.0. The Morgan fingerprint density at radius 1 is 1.26 bits per heavy atom. The van der Waals surface area contributed by atoms with Gasteiger partial charge >= 0.3 is 0 Å². The molecule has 0 fully saturated rings. The van der Waals surface area contributed by atoms with E-state index in [1.165, 1.54) is 0 Å². The van der Waals surface area contributed by atoms with Crippen LogP contribution in [0.3, 0.4) is 0 Å². The molecule has 5 heteroatoms. The summed E-state index contributed by atoms with van der Waals surface area (Å²) < 4.78 is 7.51. The largest absolute Gasteiger partial charge is 0.484 e. The number of carbonyl (C=O) groups is 1. The van der Waals surface area contributed by atoms with Gasteiger partial charge in [-0.05, 0) is 29.8 Å². The highest BCUT2D eigenvalue weighted by atomic mass is 16.5. The van der Waals surface area contributed by atoms with Crippen molar-refractivity contribution in [1.29, 1.82) is 0 Å². The van der Waals surface area contributed by atoms with Crippen LogP contribution in [0.5, 0.6) is 5.75 Å². The van der Waals surface area contributed by atoms with E-state index in [1.807, 2.05) is 60.2 Å². The average molecular weight is 309 g/mol. The zero-order valence-corrected chi connectivity index (χ0v) is 13.0. The predicted octanol–water partition coefficient (Wildman–Crippen LogP) is 2.62. The third-order valence-electron chi connectivity index (χ3n) is 3.54. The van der Waals surface area contributed by atoms with Gasteiger partial charge in [-0.25, -0.2) is 4.98 Å². The third kappa shape index (κ3) is 4.10. The molecule has 0 saturated carbocycles. The Hall–Kier alpha value is -2.82. The summed E-state index contributed by atoms with van der Waals surface area (Å²) in [5.74, 6) is 0.562. The number of hydrogen-bond acceptors (Lipinski definition) is 3. The smallest absolute Gasteiger partial charge is 0.258 e. The molecule has 1 atom stereocenters. The molecular weight excluding hydrogens is 290 g/mol. The maximum atomic E-state index is 12.0. The van der Waals surface area contributed by atoms with Crippen LogP contribution in [0.1, 0.15) is 6.92 Å². The molecule has 118 valence electrons. The molecule has 23 heavy (non-hydrogen) atoms. The van der Waals surface area contributed by atoms with E-state index in [2.05, 4.69) is 10.3 Å². The molecule has 0 aliphatic carbocycles. The second-order valence-corrected chi connectivity index (χ2v) is 5.53. The van der Waals surface area contributed by atoms with Gasteiger partial charge in [0, 0.05) is 25.0 Å². The van der Waals surface area contributed by atoms with Crippen molar-refractivity contribution in [2.75, 3.05) is 6.61 Å². The molecule has 2 aromatic carbocycles. The van der Waals surface area contributed by atoms with E-state index in [4.69, 9.17) is 4.74 Å². The summed E-state index contributed by atoms with van der Waals surface area (Å²) in [6, 6.07) is 13.9. The van der Waals surface area contributed by atoms with Gasteiger partial charge in [0.1, 0.15) is 5.75 Å². The van der Waals surface area contributed by atoms with Gasteiger partial charge in [-0.1, -0.05) is 30.3 Å². The lowest BCUT2D eigenvalue weighted by Crippen LogP contribution is -2.38. The Kier molecular flexibility index (Phi) is 4.57. The van der Waals surface area contributed by atoms with Crippen LogP contribution in [0.2, 0.25) is 0 Å². The van der Waals surface area contributed by atoms with Crippen molar-refractivity contribution >= 4 is 16.7 Å². The van der Waals surface area contributed by atoms with E-state index < -0.39 is 0 Å². The first-order chi connectivity index (χ1) is 11.2. The van der Waals surface area contributed by atoms with E-state index >= 15 is 0 Å². The number of carbonyl (C=O) groups excluding carboxylic acids is 1. The third-order valence-corrected chi connectivity index (χ3v) is 3.54. The second-order valence-electron chi connectivity index (χ2n) is 5.53. The maximum Gasteiger partial charge on any atom is 0.258 e. The van der Waals surface area contributed by atoms with Gasteiger partial charge < -0.3 is 14.6 Å². The SMILES string of the molecule is CC(Cn1ccnc1)NC(=O)COc1ccc2ccccc2c1. The first kappa shape index (κ1) is 15.1. The van der Waals surface area contributed by atoms with Gasteiger partial charge in [0.25, 0.3) is 5.91 Å². The Morgan fingerprint density at radius 3 is 2.87 bits per heavy atom. The number of nitrogens with one attached hydrogen (secondary N) is 1. The van der Waals surface area contributed by atoms with Crippen molar-refractivity contribution in [3.63, 3.8) is 0 Å². The number of fused-ring (bicyclic) bond motifs is 1. The van der Waals surface area contributed by atoms with Crippen molar-refractivity contribution in [1.82, 2.24) is 14.9 Å². The molecule has 1 unspecified atom stereocenters. The average Bonchev–Trinajstić information content (AvgIpc) is 3.05. The first-order valence-electron chi connectivity index (χ1n) is 7.57. The molecule has 1 heterocycles. The molecular formula is C18H19N3O2. The lowest BCUT2D eigenvalue weighted by Gasteiger charge is -2.15. The second kappa shape index (κ2) is 6.96. The van der Waals surface area contributed by atoms with Gasteiger partial charge in [-0.2, -0.15) is 0 Å². The number of hydrogen-bond donors (Lipinski definition) is 1. The molecule has 1 aromatic heterocycles. The summed E-state index contributed by atoms with van der Waals surface area (Å²) in [6.45, 7) is 2.64. The van der Waals surface area contributed by atoms with E-state index in [9.17, 15) is 4.79 Å². The topological polar surface area (TPSA) is 56.2 Å². The summed E-state index contributed by atoms with van der Waals surface area (Å²) in [5.41, 5.74) is 0. The lowest BCUT2D eigenvalue weighted by molar-refractivity contribution is -0.123. The quantitative estimate of drug-likeness (QED) is 0.761. The molecule has 1 N–H and O–H groups in total. The minimum atomic E-state index is -0.134. The fourth-order valence-corrected chi connectivity index (χ4v) is 2.48. The number of rotatable bonds is 6. The van der Waals surface area contributed by atoms with Crippen LogP contribution in [-0.4, -0.2) is 28.1 Å². The molecule has 5 nitrogen and oxygen atoms in total. The molecule has 0 spiro atoms. The summed E-state index contributed by atoms with van der Waals surface area (Å²) in [7, 11) is 0. The van der Waals surface area contributed by atoms with Crippen molar-refractivity contribution in [3.05, 3.63) is 61.2 Å². The standard InChI is InChI=1S/C18H19N3O2/c1-14(11-21-9-8-19-13-21)20-18(22)12-23-17-7-6-15-4-2-3-5-16(15)10-17/h2-10,13-14H,11-12H2,1H3,(H,20,22). The van der Waals surface area contributed by atoms with Gasteiger partial charge in [0.15, 0.2) is 6.61 Å². The van der Waals surface area contributed by atoms with Crippen molar-refractivity contribution < 1.29 is 9.53 Å². The van der Waals surface area contributed by atoms with Gasteiger partial charge in [0.05, 0.1) is 6.33 Å².